The van der Waals surface area contributed by atoms with Gasteiger partial charge in [-0.1, -0.05) is 12.2 Å². The van der Waals surface area contributed by atoms with E-state index < -0.39 is 17.9 Å². The van der Waals surface area contributed by atoms with Crippen LogP contribution in [0.2, 0.25) is 0 Å². The monoisotopic (exact) mass is 226 g/mol. The molecule has 0 bridgehead atoms. The highest BCUT2D eigenvalue weighted by molar-refractivity contribution is 5.94. The largest absolute Gasteiger partial charge is 0.468 e. The first-order chi connectivity index (χ1) is 7.60. The van der Waals surface area contributed by atoms with Crippen LogP contribution in [-0.4, -0.2) is 26.2 Å². The molecule has 0 aromatic rings. The molecule has 0 spiro atoms. The number of esters is 2. The first kappa shape index (κ1) is 14.4. The Labute approximate surface area is 95.9 Å². The standard InChI is InChI=1S/C12H18O4/c1-5-9(6-2)7-8-10(11(13)15-3)12(14)16-4/h5-6,9-10H,1-2,7-8H2,3-4H3. The SMILES string of the molecule is C=CC(C=C)CCC(C(=O)OC)C(=O)OC. The smallest absolute Gasteiger partial charge is 0.320 e. The molecule has 0 aliphatic rings. The van der Waals surface area contributed by atoms with E-state index in [0.29, 0.717) is 12.8 Å². The Kier molecular flexibility index (Phi) is 6.92. The van der Waals surface area contributed by atoms with Crippen molar-refractivity contribution in [3.8, 4) is 0 Å². The summed E-state index contributed by atoms with van der Waals surface area (Å²) in [4.78, 5) is 22.7. The molecule has 0 heterocycles. The van der Waals surface area contributed by atoms with E-state index >= 15 is 0 Å². The second-order valence-corrected chi connectivity index (χ2v) is 3.31. The molecule has 0 aliphatic carbocycles. The lowest BCUT2D eigenvalue weighted by molar-refractivity contribution is -0.159. The third-order valence-electron chi connectivity index (χ3n) is 2.37. The van der Waals surface area contributed by atoms with Crippen molar-refractivity contribution in [3.63, 3.8) is 0 Å². The quantitative estimate of drug-likeness (QED) is 0.377. The third-order valence-corrected chi connectivity index (χ3v) is 2.37. The highest BCUT2D eigenvalue weighted by Gasteiger charge is 2.28. The molecular formula is C12H18O4. The topological polar surface area (TPSA) is 52.6 Å². The average Bonchev–Trinajstić information content (AvgIpc) is 2.33. The van der Waals surface area contributed by atoms with Gasteiger partial charge >= 0.3 is 11.9 Å². The molecule has 0 amide bonds. The summed E-state index contributed by atoms with van der Waals surface area (Å²) < 4.78 is 9.09. The number of ether oxygens (including phenoxy) is 2. The van der Waals surface area contributed by atoms with Crippen LogP contribution in [0.3, 0.4) is 0 Å². The van der Waals surface area contributed by atoms with Crippen LogP contribution in [0.25, 0.3) is 0 Å². The van der Waals surface area contributed by atoms with E-state index in [4.69, 9.17) is 0 Å². The van der Waals surface area contributed by atoms with Gasteiger partial charge in [0.2, 0.25) is 0 Å². The van der Waals surface area contributed by atoms with Gasteiger partial charge in [0, 0.05) is 0 Å². The molecule has 0 saturated heterocycles. The summed E-state index contributed by atoms with van der Waals surface area (Å²) in [7, 11) is 2.49. The number of carbonyl (C=O) groups excluding carboxylic acids is 2. The zero-order chi connectivity index (χ0) is 12.6. The fourth-order valence-electron chi connectivity index (χ4n) is 1.31. The van der Waals surface area contributed by atoms with Crippen LogP contribution < -0.4 is 0 Å². The number of hydrogen-bond acceptors (Lipinski definition) is 4. The number of carbonyl (C=O) groups is 2. The first-order valence-electron chi connectivity index (χ1n) is 5.01. The zero-order valence-corrected chi connectivity index (χ0v) is 9.77. The maximum Gasteiger partial charge on any atom is 0.320 e. The second-order valence-electron chi connectivity index (χ2n) is 3.31. The molecule has 0 atom stereocenters. The summed E-state index contributed by atoms with van der Waals surface area (Å²) in [6.45, 7) is 7.27. The molecule has 16 heavy (non-hydrogen) atoms. The van der Waals surface area contributed by atoms with E-state index in [-0.39, 0.29) is 5.92 Å². The van der Waals surface area contributed by atoms with Crippen molar-refractivity contribution < 1.29 is 19.1 Å². The lowest BCUT2D eigenvalue weighted by Crippen LogP contribution is -2.26. The van der Waals surface area contributed by atoms with Crippen LogP contribution in [0, 0.1) is 11.8 Å². The second kappa shape index (κ2) is 7.68. The van der Waals surface area contributed by atoms with E-state index in [1.807, 2.05) is 0 Å². The minimum atomic E-state index is -0.864. The van der Waals surface area contributed by atoms with Crippen LogP contribution in [0.5, 0.6) is 0 Å². The Morgan fingerprint density at radius 3 is 1.81 bits per heavy atom. The Hall–Kier alpha value is -1.58. The van der Waals surface area contributed by atoms with Gasteiger partial charge in [0.15, 0.2) is 5.92 Å². The zero-order valence-electron chi connectivity index (χ0n) is 9.77. The lowest BCUT2D eigenvalue weighted by Gasteiger charge is -2.13. The van der Waals surface area contributed by atoms with Crippen molar-refractivity contribution >= 4 is 11.9 Å². The number of hydrogen-bond donors (Lipinski definition) is 0. The molecule has 0 aliphatic heterocycles. The van der Waals surface area contributed by atoms with Crippen LogP contribution in [0.1, 0.15) is 12.8 Å². The Morgan fingerprint density at radius 1 is 1.06 bits per heavy atom. The van der Waals surface area contributed by atoms with E-state index in [0.717, 1.165) is 0 Å². The minimum absolute atomic E-state index is 0.0804. The van der Waals surface area contributed by atoms with Crippen molar-refractivity contribution in [2.24, 2.45) is 11.8 Å². The Bertz CT molecular complexity index is 246. The molecule has 90 valence electrons. The van der Waals surface area contributed by atoms with Crippen LogP contribution in [-0.2, 0) is 19.1 Å². The van der Waals surface area contributed by atoms with E-state index in [2.05, 4.69) is 22.6 Å². The fourth-order valence-corrected chi connectivity index (χ4v) is 1.31. The summed E-state index contributed by atoms with van der Waals surface area (Å²) in [5.41, 5.74) is 0. The van der Waals surface area contributed by atoms with Gasteiger partial charge in [0.05, 0.1) is 14.2 Å². The Balaban J connectivity index is 4.43. The molecule has 0 rings (SSSR count). The minimum Gasteiger partial charge on any atom is -0.468 e. The predicted molar refractivity (Wildman–Crippen MR) is 60.6 cm³/mol. The van der Waals surface area contributed by atoms with Gasteiger partial charge in [-0.25, -0.2) is 0 Å². The van der Waals surface area contributed by atoms with Crippen molar-refractivity contribution in [3.05, 3.63) is 25.3 Å². The molecule has 0 aromatic carbocycles. The van der Waals surface area contributed by atoms with Gasteiger partial charge in [0.1, 0.15) is 0 Å². The highest BCUT2D eigenvalue weighted by atomic mass is 16.5. The third kappa shape index (κ3) is 4.29. The van der Waals surface area contributed by atoms with Crippen molar-refractivity contribution in [1.29, 1.82) is 0 Å². The van der Waals surface area contributed by atoms with E-state index in [1.54, 1.807) is 12.2 Å². The fraction of sp³-hybridized carbons (Fsp3) is 0.500. The first-order valence-corrected chi connectivity index (χ1v) is 5.01. The summed E-state index contributed by atoms with van der Waals surface area (Å²) in [6, 6.07) is 0. The number of allylic oxidation sites excluding steroid dienone is 2. The van der Waals surface area contributed by atoms with Crippen molar-refractivity contribution in [1.82, 2.24) is 0 Å². The van der Waals surface area contributed by atoms with Crippen molar-refractivity contribution in [2.75, 3.05) is 14.2 Å². The van der Waals surface area contributed by atoms with Gasteiger partial charge in [-0.05, 0) is 18.8 Å². The van der Waals surface area contributed by atoms with Gasteiger partial charge in [-0.2, -0.15) is 0 Å². The molecule has 4 heteroatoms. The maximum atomic E-state index is 11.3. The Morgan fingerprint density at radius 2 is 1.50 bits per heavy atom. The molecule has 0 saturated carbocycles. The number of rotatable bonds is 7. The maximum absolute atomic E-state index is 11.3. The summed E-state index contributed by atoms with van der Waals surface area (Å²) >= 11 is 0. The van der Waals surface area contributed by atoms with Gasteiger partial charge < -0.3 is 9.47 Å². The molecule has 0 radical (unpaired) electrons. The van der Waals surface area contributed by atoms with E-state index in [9.17, 15) is 9.59 Å². The molecule has 0 N–H and O–H groups in total. The van der Waals surface area contributed by atoms with Crippen LogP contribution in [0.15, 0.2) is 25.3 Å². The van der Waals surface area contributed by atoms with Crippen LogP contribution >= 0.6 is 0 Å². The number of methoxy groups -OCH3 is 2. The van der Waals surface area contributed by atoms with E-state index in [1.165, 1.54) is 14.2 Å². The highest BCUT2D eigenvalue weighted by Crippen LogP contribution is 2.17. The normalized spacial score (nSPS) is 10.0. The average molecular weight is 226 g/mol. The summed E-state index contributed by atoms with van der Waals surface area (Å²) in [6.07, 6.45) is 4.42. The van der Waals surface area contributed by atoms with Gasteiger partial charge in [-0.15, -0.1) is 13.2 Å². The lowest BCUT2D eigenvalue weighted by atomic mass is 9.96. The molecule has 4 nitrogen and oxygen atoms in total. The molecule has 0 fully saturated rings. The summed E-state index contributed by atoms with van der Waals surface area (Å²) in [5.74, 6) is -1.92. The molecule has 0 aromatic heterocycles. The van der Waals surface area contributed by atoms with Gasteiger partial charge in [0.25, 0.3) is 0 Å². The van der Waals surface area contributed by atoms with Crippen LogP contribution in [0.4, 0.5) is 0 Å². The van der Waals surface area contributed by atoms with Gasteiger partial charge in [-0.3, -0.25) is 9.59 Å². The molecule has 0 unspecified atom stereocenters. The summed E-state index contributed by atoms with van der Waals surface area (Å²) in [5, 5.41) is 0. The molecular weight excluding hydrogens is 208 g/mol. The predicted octanol–water partition coefficient (Wildman–Crippen LogP) is 1.72. The van der Waals surface area contributed by atoms with Crippen molar-refractivity contribution in [2.45, 2.75) is 12.8 Å².